The molecule has 3 aromatic heterocycles. The third-order valence-electron chi connectivity index (χ3n) is 12.3. The van der Waals surface area contributed by atoms with Gasteiger partial charge in [0.05, 0.1) is 11.0 Å². The van der Waals surface area contributed by atoms with Crippen LogP contribution in [-0.4, -0.2) is 19.5 Å². The monoisotopic (exact) mass is 802 g/mol. The van der Waals surface area contributed by atoms with Crippen LogP contribution in [0.3, 0.4) is 0 Å². The van der Waals surface area contributed by atoms with Crippen LogP contribution in [-0.2, 0) is 6.42 Å². The average Bonchev–Trinajstić information content (AvgIpc) is 3.88. The first-order valence-electron chi connectivity index (χ1n) is 21.1. The van der Waals surface area contributed by atoms with E-state index in [4.69, 9.17) is 15.0 Å². The van der Waals surface area contributed by atoms with Crippen LogP contribution in [0.1, 0.15) is 36.0 Å². The van der Waals surface area contributed by atoms with E-state index in [0.717, 1.165) is 35.0 Å². The van der Waals surface area contributed by atoms with Gasteiger partial charge in [-0.15, -0.1) is 11.3 Å². The second kappa shape index (κ2) is 15.4. The van der Waals surface area contributed by atoms with Crippen molar-refractivity contribution < 1.29 is 0 Å². The van der Waals surface area contributed by atoms with Gasteiger partial charge in [0.2, 0.25) is 5.95 Å². The molecule has 0 aliphatic rings. The maximum Gasteiger partial charge on any atom is 0.238 e. The van der Waals surface area contributed by atoms with Gasteiger partial charge in [0.15, 0.2) is 11.6 Å². The Bertz CT molecular complexity index is 3390. The maximum absolute atomic E-state index is 5.34. The maximum atomic E-state index is 5.34. The first kappa shape index (κ1) is 36.8. The molecule has 292 valence electrons. The smallest absolute Gasteiger partial charge is 0.238 e. The van der Waals surface area contributed by atoms with Gasteiger partial charge in [-0.25, -0.2) is 4.98 Å². The first-order valence-corrected chi connectivity index (χ1v) is 21.9. The largest absolute Gasteiger partial charge is 0.278 e. The molecule has 1 atom stereocenters. The average molecular weight is 803 g/mol. The summed E-state index contributed by atoms with van der Waals surface area (Å²) in [6, 6.07) is 67.3. The van der Waals surface area contributed by atoms with Gasteiger partial charge >= 0.3 is 0 Å². The normalized spacial score (nSPS) is 12.2. The Morgan fingerprint density at radius 2 is 1.16 bits per heavy atom. The minimum absolute atomic E-state index is 0.441. The van der Waals surface area contributed by atoms with Gasteiger partial charge in [0, 0.05) is 42.1 Å². The van der Waals surface area contributed by atoms with Gasteiger partial charge in [-0.3, -0.25) is 4.57 Å². The van der Waals surface area contributed by atoms with Gasteiger partial charge in [0.25, 0.3) is 0 Å². The fraction of sp³-hybridized carbons (Fsp3) is 0.0893. The molecule has 0 N–H and O–H groups in total. The molecule has 3 heterocycles. The summed E-state index contributed by atoms with van der Waals surface area (Å²) in [6.07, 6.45) is 2.06. The highest BCUT2D eigenvalue weighted by Crippen LogP contribution is 2.43. The third kappa shape index (κ3) is 6.50. The van der Waals surface area contributed by atoms with Crippen LogP contribution >= 0.6 is 11.3 Å². The fourth-order valence-electron chi connectivity index (χ4n) is 9.32. The van der Waals surface area contributed by atoms with E-state index >= 15 is 0 Å². The number of hydrogen-bond donors (Lipinski definition) is 0. The van der Waals surface area contributed by atoms with Gasteiger partial charge in [-0.05, 0) is 88.9 Å². The molecule has 0 bridgehead atoms. The Kier molecular flexibility index (Phi) is 9.32. The topological polar surface area (TPSA) is 43.6 Å². The van der Waals surface area contributed by atoms with Crippen molar-refractivity contribution in [2.24, 2.45) is 0 Å². The molecule has 11 rings (SSSR count). The van der Waals surface area contributed by atoms with E-state index in [1.807, 2.05) is 29.5 Å². The van der Waals surface area contributed by atoms with Crippen LogP contribution in [0.4, 0.5) is 0 Å². The van der Waals surface area contributed by atoms with Crippen LogP contribution in [0.15, 0.2) is 188 Å². The summed E-state index contributed by atoms with van der Waals surface area (Å²) in [5.74, 6) is 2.32. The second-order valence-corrected chi connectivity index (χ2v) is 17.0. The van der Waals surface area contributed by atoms with Crippen LogP contribution in [0.2, 0.25) is 0 Å². The molecule has 0 saturated heterocycles. The molecule has 4 nitrogen and oxygen atoms in total. The van der Waals surface area contributed by atoms with Crippen molar-refractivity contribution >= 4 is 53.3 Å². The van der Waals surface area contributed by atoms with E-state index in [-0.39, 0.29) is 0 Å². The van der Waals surface area contributed by atoms with Crippen molar-refractivity contribution in [3.05, 3.63) is 205 Å². The van der Waals surface area contributed by atoms with Crippen molar-refractivity contribution in [1.82, 2.24) is 19.5 Å². The Morgan fingerprint density at radius 3 is 1.95 bits per heavy atom. The standard InChI is InChI=1S/C56H42N4S/c1-3-37(38-18-7-4-8-19-38)34-41-24-13-14-25-44(41)43-32-33-49-52(36(43)2)46-26-15-16-28-48(46)60(49)56-58-54(40-22-11-6-12-23-40)57-55(59-56)42-30-31-47-51(35-42)61-50-29-17-27-45(53(47)50)39-20-9-5-10-21-39/h4-33,35,37H,3,34H2,1-2H3. The Morgan fingerprint density at radius 1 is 0.492 bits per heavy atom. The van der Waals surface area contributed by atoms with Crippen molar-refractivity contribution in [2.45, 2.75) is 32.6 Å². The minimum atomic E-state index is 0.441. The van der Waals surface area contributed by atoms with Crippen LogP contribution in [0, 0.1) is 6.92 Å². The van der Waals surface area contributed by atoms with Crippen molar-refractivity contribution in [1.29, 1.82) is 0 Å². The van der Waals surface area contributed by atoms with Gasteiger partial charge in [0.1, 0.15) is 0 Å². The number of fused-ring (bicyclic) bond motifs is 6. The summed E-state index contributed by atoms with van der Waals surface area (Å²) in [4.78, 5) is 15.8. The molecule has 1 unspecified atom stereocenters. The highest BCUT2D eigenvalue weighted by molar-refractivity contribution is 7.26. The molecular weight excluding hydrogens is 761 g/mol. The fourth-order valence-corrected chi connectivity index (χ4v) is 10.5. The lowest BCUT2D eigenvalue weighted by Gasteiger charge is -2.19. The SMILES string of the molecule is CCC(Cc1ccccc1-c1ccc2c(c1C)c1ccccc1n2-c1nc(-c2ccccc2)nc(-c2ccc3c(c2)sc2cccc(-c4ccccc4)c23)n1)c1ccccc1. The molecule has 0 aliphatic heterocycles. The van der Waals surface area contributed by atoms with Gasteiger partial charge in [-0.1, -0.05) is 171 Å². The summed E-state index contributed by atoms with van der Waals surface area (Å²) in [5, 5.41) is 4.91. The third-order valence-corrected chi connectivity index (χ3v) is 13.4. The van der Waals surface area contributed by atoms with E-state index < -0.39 is 0 Å². The Balaban J connectivity index is 1.08. The van der Waals surface area contributed by atoms with Gasteiger partial charge in [-0.2, -0.15) is 9.97 Å². The lowest BCUT2D eigenvalue weighted by atomic mass is 9.85. The van der Waals surface area contributed by atoms with Crippen molar-refractivity contribution in [3.8, 4) is 51.0 Å². The summed E-state index contributed by atoms with van der Waals surface area (Å²) in [7, 11) is 0. The van der Waals surface area contributed by atoms with Crippen LogP contribution in [0.25, 0.3) is 93.0 Å². The molecule has 11 aromatic rings. The lowest BCUT2D eigenvalue weighted by molar-refractivity contribution is 0.661. The van der Waals surface area contributed by atoms with Crippen molar-refractivity contribution in [3.63, 3.8) is 0 Å². The number of benzene rings is 8. The zero-order valence-corrected chi connectivity index (χ0v) is 34.9. The van der Waals surface area contributed by atoms with Crippen LogP contribution in [0.5, 0.6) is 0 Å². The number of nitrogens with zero attached hydrogens (tertiary/aromatic N) is 4. The zero-order valence-electron chi connectivity index (χ0n) is 34.1. The molecule has 0 fully saturated rings. The van der Waals surface area contributed by atoms with E-state index in [1.54, 1.807) is 0 Å². The van der Waals surface area contributed by atoms with Crippen molar-refractivity contribution in [2.75, 3.05) is 0 Å². The Hall–Kier alpha value is -7.21. The van der Waals surface area contributed by atoms with Gasteiger partial charge < -0.3 is 0 Å². The summed E-state index contributed by atoms with van der Waals surface area (Å²) < 4.78 is 4.70. The summed E-state index contributed by atoms with van der Waals surface area (Å²) >= 11 is 1.81. The number of hydrogen-bond acceptors (Lipinski definition) is 4. The second-order valence-electron chi connectivity index (χ2n) is 15.9. The number of rotatable bonds is 9. The predicted molar refractivity (Wildman–Crippen MR) is 257 cm³/mol. The predicted octanol–water partition coefficient (Wildman–Crippen LogP) is 15.0. The quantitative estimate of drug-likeness (QED) is 0.146. The Labute approximate surface area is 359 Å². The van der Waals surface area contributed by atoms with E-state index in [0.29, 0.717) is 23.5 Å². The molecule has 0 amide bonds. The number of aromatic nitrogens is 4. The molecule has 0 spiro atoms. The molecule has 0 aliphatic carbocycles. The lowest BCUT2D eigenvalue weighted by Crippen LogP contribution is -2.06. The highest BCUT2D eigenvalue weighted by atomic mass is 32.1. The van der Waals surface area contributed by atoms with E-state index in [2.05, 4.69) is 188 Å². The highest BCUT2D eigenvalue weighted by Gasteiger charge is 2.22. The van der Waals surface area contributed by atoms with E-state index in [1.165, 1.54) is 69.9 Å². The summed E-state index contributed by atoms with van der Waals surface area (Å²) in [6.45, 7) is 4.57. The number of aryl methyl sites for hydroxylation is 1. The molecular formula is C56H42N4S. The minimum Gasteiger partial charge on any atom is -0.278 e. The molecule has 0 radical (unpaired) electrons. The number of para-hydroxylation sites is 1. The molecule has 0 saturated carbocycles. The molecule has 8 aromatic carbocycles. The van der Waals surface area contributed by atoms with Crippen LogP contribution < -0.4 is 0 Å². The number of thiophene rings is 1. The summed E-state index contributed by atoms with van der Waals surface area (Å²) in [5.41, 5.74) is 13.0. The molecule has 61 heavy (non-hydrogen) atoms. The van der Waals surface area contributed by atoms with E-state index in [9.17, 15) is 0 Å². The molecule has 5 heteroatoms. The zero-order chi connectivity index (χ0) is 40.9. The first-order chi connectivity index (χ1) is 30.1.